The second kappa shape index (κ2) is 10.9. The summed E-state index contributed by atoms with van der Waals surface area (Å²) in [5.74, 6) is 0.743. The Morgan fingerprint density at radius 2 is 1.91 bits per heavy atom. The molecule has 0 unspecified atom stereocenters. The van der Waals surface area contributed by atoms with Gasteiger partial charge in [0, 0.05) is 22.4 Å². The molecule has 5 nitrogen and oxygen atoms in total. The summed E-state index contributed by atoms with van der Waals surface area (Å²) in [5, 5.41) is 19.9. The first-order chi connectivity index (χ1) is 16.1. The molecule has 1 fully saturated rings. The molecule has 33 heavy (non-hydrogen) atoms. The van der Waals surface area contributed by atoms with Crippen molar-refractivity contribution in [3.05, 3.63) is 63.5 Å². The summed E-state index contributed by atoms with van der Waals surface area (Å²) >= 11 is 1.62. The molecule has 1 aliphatic heterocycles. The minimum absolute atomic E-state index is 0.743. The number of hydrogen-bond acceptors (Lipinski definition) is 6. The second-order valence-electron chi connectivity index (χ2n) is 8.86. The van der Waals surface area contributed by atoms with E-state index in [2.05, 4.69) is 64.8 Å². The van der Waals surface area contributed by atoms with Gasteiger partial charge in [0.15, 0.2) is 5.58 Å². The molecular formula is C27H32N4OS. The Labute approximate surface area is 200 Å². The Balaban J connectivity index is 0.000000821. The number of benzene rings is 2. The van der Waals surface area contributed by atoms with Crippen LogP contribution in [0.2, 0.25) is 0 Å². The number of nitriles is 1. The average molecular weight is 461 g/mol. The molecule has 0 amide bonds. The zero-order valence-corrected chi connectivity index (χ0v) is 20.5. The lowest BCUT2D eigenvalue weighted by molar-refractivity contribution is 0.173. The molecule has 6 heteroatoms. The topological polar surface area (TPSA) is 65.1 Å². The minimum Gasteiger partial charge on any atom is -0.356 e. The minimum atomic E-state index is 0.743. The third-order valence-electron chi connectivity index (χ3n) is 6.46. The molecule has 1 saturated heterocycles. The molecule has 0 radical (unpaired) electrons. The standard InChI is InChI=1S/C25H25N3OS.C2H7N/c1-17-22-5-3-2-4-19(22)14-23-24(27-29-25(17)23)9-6-18-10-12-28(13-11-18)16-21-8-7-20(15-26)30-21;1-3-2/h2-5,7-8,14,18H,6,9-13,16H2,1H3;3H,1-2H3. The van der Waals surface area contributed by atoms with Gasteiger partial charge in [-0.15, -0.1) is 11.3 Å². The third kappa shape index (κ3) is 5.44. The Morgan fingerprint density at radius 3 is 2.64 bits per heavy atom. The van der Waals surface area contributed by atoms with E-state index >= 15 is 0 Å². The molecule has 172 valence electrons. The largest absolute Gasteiger partial charge is 0.356 e. The van der Waals surface area contributed by atoms with E-state index in [1.807, 2.05) is 20.2 Å². The normalized spacial score (nSPS) is 14.8. The summed E-state index contributed by atoms with van der Waals surface area (Å²) in [6.45, 7) is 5.36. The molecule has 0 atom stereocenters. The molecule has 0 spiro atoms. The van der Waals surface area contributed by atoms with Crippen molar-refractivity contribution in [2.75, 3.05) is 27.2 Å². The number of likely N-dealkylation sites (tertiary alicyclic amines) is 1. The number of nitrogens with one attached hydrogen (secondary N) is 1. The molecule has 2 aromatic carbocycles. The van der Waals surface area contributed by atoms with Crippen molar-refractivity contribution in [1.82, 2.24) is 15.4 Å². The molecule has 0 saturated carbocycles. The number of thiophene rings is 1. The summed E-state index contributed by atoms with van der Waals surface area (Å²) < 4.78 is 5.74. The van der Waals surface area contributed by atoms with Gasteiger partial charge in [0.25, 0.3) is 0 Å². The van der Waals surface area contributed by atoms with Crippen molar-refractivity contribution in [1.29, 1.82) is 5.26 Å². The van der Waals surface area contributed by atoms with Crippen LogP contribution in [0.4, 0.5) is 0 Å². The molecule has 3 heterocycles. The zero-order valence-electron chi connectivity index (χ0n) is 19.7. The fourth-order valence-electron chi connectivity index (χ4n) is 4.69. The van der Waals surface area contributed by atoms with Gasteiger partial charge in [-0.05, 0) is 94.7 Å². The summed E-state index contributed by atoms with van der Waals surface area (Å²) in [4.78, 5) is 4.62. The number of aromatic nitrogens is 1. The molecule has 2 aromatic heterocycles. The van der Waals surface area contributed by atoms with Gasteiger partial charge >= 0.3 is 0 Å². The third-order valence-corrected chi connectivity index (χ3v) is 7.43. The molecular weight excluding hydrogens is 428 g/mol. The fourth-order valence-corrected chi connectivity index (χ4v) is 5.54. The maximum absolute atomic E-state index is 9.00. The van der Waals surface area contributed by atoms with E-state index in [0.29, 0.717) is 0 Å². The first-order valence-corrected chi connectivity index (χ1v) is 12.5. The Morgan fingerprint density at radius 1 is 1.15 bits per heavy atom. The second-order valence-corrected chi connectivity index (χ2v) is 10.0. The van der Waals surface area contributed by atoms with Crippen LogP contribution in [-0.4, -0.2) is 37.2 Å². The number of rotatable bonds is 5. The molecule has 1 aliphatic rings. The Hall–Kier alpha value is -2.72. The van der Waals surface area contributed by atoms with Crippen molar-refractivity contribution in [2.24, 2.45) is 5.92 Å². The predicted molar refractivity (Wildman–Crippen MR) is 137 cm³/mol. The summed E-state index contributed by atoms with van der Waals surface area (Å²) in [7, 11) is 3.75. The molecule has 5 rings (SSSR count). The van der Waals surface area contributed by atoms with E-state index in [4.69, 9.17) is 9.78 Å². The molecule has 0 bridgehead atoms. The van der Waals surface area contributed by atoms with Crippen LogP contribution in [0.1, 0.15) is 40.3 Å². The van der Waals surface area contributed by atoms with Gasteiger partial charge in [-0.25, -0.2) is 0 Å². The van der Waals surface area contributed by atoms with Crippen molar-refractivity contribution in [3.8, 4) is 6.07 Å². The van der Waals surface area contributed by atoms with Crippen LogP contribution in [-0.2, 0) is 13.0 Å². The number of aryl methyl sites for hydroxylation is 2. The average Bonchev–Trinajstić information content (AvgIpc) is 3.46. The van der Waals surface area contributed by atoms with Crippen molar-refractivity contribution >= 4 is 33.1 Å². The highest BCUT2D eigenvalue weighted by molar-refractivity contribution is 7.12. The van der Waals surface area contributed by atoms with Crippen LogP contribution in [0.5, 0.6) is 0 Å². The molecule has 0 aliphatic carbocycles. The van der Waals surface area contributed by atoms with Crippen LogP contribution in [0.15, 0.2) is 47.0 Å². The maximum Gasteiger partial charge on any atom is 0.170 e. The van der Waals surface area contributed by atoms with Crippen molar-refractivity contribution < 1.29 is 4.52 Å². The fraction of sp³-hybridized carbons (Fsp3) is 0.407. The monoisotopic (exact) mass is 460 g/mol. The van der Waals surface area contributed by atoms with E-state index in [0.717, 1.165) is 48.1 Å². The van der Waals surface area contributed by atoms with Gasteiger partial charge in [-0.3, -0.25) is 4.90 Å². The highest BCUT2D eigenvalue weighted by Crippen LogP contribution is 2.32. The highest BCUT2D eigenvalue weighted by Gasteiger charge is 2.21. The molecule has 1 N–H and O–H groups in total. The quantitative estimate of drug-likeness (QED) is 0.401. The maximum atomic E-state index is 9.00. The van der Waals surface area contributed by atoms with Crippen LogP contribution in [0, 0.1) is 24.2 Å². The summed E-state index contributed by atoms with van der Waals surface area (Å²) in [5.41, 5.74) is 3.22. The van der Waals surface area contributed by atoms with Gasteiger partial charge in [-0.2, -0.15) is 5.26 Å². The van der Waals surface area contributed by atoms with E-state index in [1.165, 1.54) is 45.9 Å². The van der Waals surface area contributed by atoms with Gasteiger partial charge < -0.3 is 9.84 Å². The van der Waals surface area contributed by atoms with Crippen LogP contribution >= 0.6 is 11.3 Å². The number of fused-ring (bicyclic) bond motifs is 2. The summed E-state index contributed by atoms with van der Waals surface area (Å²) in [6.07, 6.45) is 4.60. The number of piperidine rings is 1. The van der Waals surface area contributed by atoms with Crippen LogP contribution in [0.25, 0.3) is 21.7 Å². The van der Waals surface area contributed by atoms with Gasteiger partial charge in [-0.1, -0.05) is 29.4 Å². The zero-order chi connectivity index (χ0) is 23.2. The first-order valence-electron chi connectivity index (χ1n) is 11.7. The smallest absolute Gasteiger partial charge is 0.170 e. The Bertz CT molecular complexity index is 1240. The lowest BCUT2D eigenvalue weighted by Crippen LogP contribution is -2.33. The van der Waals surface area contributed by atoms with E-state index < -0.39 is 0 Å². The van der Waals surface area contributed by atoms with E-state index in [1.54, 1.807) is 11.3 Å². The summed E-state index contributed by atoms with van der Waals surface area (Å²) in [6, 6.07) is 17.0. The first kappa shape index (κ1) is 23.4. The number of nitrogens with zero attached hydrogens (tertiary/aromatic N) is 3. The highest BCUT2D eigenvalue weighted by atomic mass is 32.1. The molecule has 4 aromatic rings. The lowest BCUT2D eigenvalue weighted by Gasteiger charge is -2.31. The number of hydrogen-bond donors (Lipinski definition) is 1. The van der Waals surface area contributed by atoms with E-state index in [-0.39, 0.29) is 0 Å². The van der Waals surface area contributed by atoms with Crippen molar-refractivity contribution in [3.63, 3.8) is 0 Å². The van der Waals surface area contributed by atoms with Crippen molar-refractivity contribution in [2.45, 2.75) is 39.2 Å². The van der Waals surface area contributed by atoms with Gasteiger partial charge in [0.2, 0.25) is 0 Å². The lowest BCUT2D eigenvalue weighted by atomic mass is 9.91. The van der Waals surface area contributed by atoms with Gasteiger partial charge in [0.1, 0.15) is 10.9 Å². The Kier molecular flexibility index (Phi) is 7.77. The van der Waals surface area contributed by atoms with Crippen LogP contribution in [0.3, 0.4) is 0 Å². The van der Waals surface area contributed by atoms with E-state index in [9.17, 15) is 0 Å². The van der Waals surface area contributed by atoms with Gasteiger partial charge in [0.05, 0.1) is 5.69 Å². The predicted octanol–water partition coefficient (Wildman–Crippen LogP) is 5.90. The van der Waals surface area contributed by atoms with Crippen LogP contribution < -0.4 is 5.32 Å². The SMILES string of the molecule is CNC.Cc1c2ccccc2cc2c(CCC3CCN(Cc4ccc(C#N)s4)CC3)noc12.